The van der Waals surface area contributed by atoms with Crippen LogP contribution in [0.2, 0.25) is 0 Å². The number of hydrogen-bond acceptors (Lipinski definition) is 3. The number of benzene rings is 2. The van der Waals surface area contributed by atoms with Crippen molar-refractivity contribution in [2.24, 2.45) is 0 Å². The molecule has 0 unspecified atom stereocenters. The average Bonchev–Trinajstić information content (AvgIpc) is 2.59. The van der Waals surface area contributed by atoms with E-state index in [1.165, 1.54) is 17.7 Å². The van der Waals surface area contributed by atoms with Crippen LogP contribution in [0.4, 0.5) is 5.69 Å². The SMILES string of the molecule is CC=C(Cc1ccccc1)NNC(=S)Nc1cccc(C(=O)O)c1. The number of hydrogen-bond donors (Lipinski definition) is 4. The van der Waals surface area contributed by atoms with E-state index in [-0.39, 0.29) is 5.56 Å². The molecule has 0 saturated carbocycles. The Morgan fingerprint density at radius 1 is 1.12 bits per heavy atom. The first-order valence-electron chi connectivity index (χ1n) is 7.44. The van der Waals surface area contributed by atoms with Crippen LogP contribution in [0, 0.1) is 0 Å². The topological polar surface area (TPSA) is 73.4 Å². The largest absolute Gasteiger partial charge is 0.478 e. The monoisotopic (exact) mass is 341 g/mol. The van der Waals surface area contributed by atoms with Gasteiger partial charge in [-0.1, -0.05) is 42.5 Å². The molecule has 0 radical (unpaired) electrons. The van der Waals surface area contributed by atoms with Gasteiger partial charge in [-0.05, 0) is 42.9 Å². The third-order valence-corrected chi connectivity index (χ3v) is 3.49. The molecule has 0 saturated heterocycles. The maximum Gasteiger partial charge on any atom is 0.335 e. The van der Waals surface area contributed by atoms with E-state index in [0.29, 0.717) is 10.8 Å². The smallest absolute Gasteiger partial charge is 0.335 e. The van der Waals surface area contributed by atoms with Crippen LogP contribution >= 0.6 is 12.2 Å². The summed E-state index contributed by atoms with van der Waals surface area (Å²) >= 11 is 5.22. The Bertz CT molecular complexity index is 745. The molecule has 0 amide bonds. The van der Waals surface area contributed by atoms with Gasteiger partial charge in [0.2, 0.25) is 0 Å². The van der Waals surface area contributed by atoms with Crippen LogP contribution in [0.3, 0.4) is 0 Å². The molecular formula is C18H19N3O2S. The highest BCUT2D eigenvalue weighted by molar-refractivity contribution is 7.80. The van der Waals surface area contributed by atoms with Crippen molar-refractivity contribution in [2.75, 3.05) is 5.32 Å². The van der Waals surface area contributed by atoms with Crippen LogP contribution in [0.15, 0.2) is 66.4 Å². The number of aromatic carboxylic acids is 1. The molecule has 0 spiro atoms. The normalized spacial score (nSPS) is 10.8. The van der Waals surface area contributed by atoms with Gasteiger partial charge in [-0.2, -0.15) is 0 Å². The Morgan fingerprint density at radius 2 is 1.88 bits per heavy atom. The number of rotatable bonds is 6. The summed E-state index contributed by atoms with van der Waals surface area (Å²) in [5.41, 5.74) is 8.95. The number of thiocarbonyl (C=S) groups is 1. The summed E-state index contributed by atoms with van der Waals surface area (Å²) in [5, 5.41) is 12.3. The van der Waals surface area contributed by atoms with E-state index in [2.05, 4.69) is 28.3 Å². The molecule has 2 aromatic rings. The van der Waals surface area contributed by atoms with E-state index in [0.717, 1.165) is 12.1 Å². The van der Waals surface area contributed by atoms with Crippen molar-refractivity contribution >= 4 is 29.0 Å². The Morgan fingerprint density at radius 3 is 2.54 bits per heavy atom. The summed E-state index contributed by atoms with van der Waals surface area (Å²) in [4.78, 5) is 11.0. The molecule has 24 heavy (non-hydrogen) atoms. The summed E-state index contributed by atoms with van der Waals surface area (Å²) in [6.07, 6.45) is 2.72. The molecule has 0 fully saturated rings. The second kappa shape index (κ2) is 8.69. The van der Waals surface area contributed by atoms with E-state index in [4.69, 9.17) is 17.3 Å². The molecule has 0 atom stereocenters. The zero-order valence-corrected chi connectivity index (χ0v) is 14.1. The molecule has 2 rings (SSSR count). The minimum Gasteiger partial charge on any atom is -0.478 e. The zero-order valence-electron chi connectivity index (χ0n) is 13.2. The fourth-order valence-corrected chi connectivity index (χ4v) is 2.23. The molecule has 0 aromatic heterocycles. The highest BCUT2D eigenvalue weighted by Gasteiger charge is 2.04. The molecule has 2 aromatic carbocycles. The number of hydrazine groups is 1. The first kappa shape index (κ1) is 17.5. The molecule has 0 heterocycles. The zero-order chi connectivity index (χ0) is 17.4. The Labute approximate surface area is 146 Å². The number of nitrogens with one attached hydrogen (secondary N) is 3. The fraction of sp³-hybridized carbons (Fsp3) is 0.111. The predicted molar refractivity (Wildman–Crippen MR) is 99.8 cm³/mol. The number of carbonyl (C=O) groups is 1. The number of anilines is 1. The first-order valence-corrected chi connectivity index (χ1v) is 7.85. The van der Waals surface area contributed by atoms with Gasteiger partial charge in [0.25, 0.3) is 0 Å². The molecule has 0 bridgehead atoms. The number of carboxylic acids is 1. The van der Waals surface area contributed by atoms with Crippen molar-refractivity contribution in [1.82, 2.24) is 10.9 Å². The van der Waals surface area contributed by atoms with Gasteiger partial charge in [-0.3, -0.25) is 5.43 Å². The second-order valence-corrected chi connectivity index (χ2v) is 5.47. The van der Waals surface area contributed by atoms with Crippen molar-refractivity contribution in [3.63, 3.8) is 0 Å². The van der Waals surface area contributed by atoms with Gasteiger partial charge in [0, 0.05) is 17.8 Å². The average molecular weight is 341 g/mol. The standard InChI is InChI=1S/C18H19N3O2S/c1-2-15(11-13-7-4-3-5-8-13)20-21-18(24)19-16-10-6-9-14(12-16)17(22)23/h2-10,12,20H,11H2,1H3,(H,22,23)(H2,19,21,24). The second-order valence-electron chi connectivity index (χ2n) is 5.07. The molecule has 5 nitrogen and oxygen atoms in total. The lowest BCUT2D eigenvalue weighted by atomic mass is 10.1. The van der Waals surface area contributed by atoms with E-state index in [9.17, 15) is 4.79 Å². The summed E-state index contributed by atoms with van der Waals surface area (Å²) in [6.45, 7) is 1.94. The maximum absolute atomic E-state index is 11.0. The quantitative estimate of drug-likeness (QED) is 0.477. The fourth-order valence-electron chi connectivity index (χ4n) is 2.06. The summed E-state index contributed by atoms with van der Waals surface area (Å²) in [5.74, 6) is -0.977. The Kier molecular flexibility index (Phi) is 6.33. The van der Waals surface area contributed by atoms with Crippen LogP contribution in [-0.4, -0.2) is 16.2 Å². The molecule has 124 valence electrons. The van der Waals surface area contributed by atoms with Crippen molar-refractivity contribution in [3.05, 3.63) is 77.5 Å². The third-order valence-electron chi connectivity index (χ3n) is 3.29. The van der Waals surface area contributed by atoms with Crippen molar-refractivity contribution < 1.29 is 9.90 Å². The minimum atomic E-state index is -0.977. The van der Waals surface area contributed by atoms with E-state index >= 15 is 0 Å². The van der Waals surface area contributed by atoms with Gasteiger partial charge in [0.05, 0.1) is 5.56 Å². The lowest BCUT2D eigenvalue weighted by Gasteiger charge is -2.15. The van der Waals surface area contributed by atoms with Crippen molar-refractivity contribution in [2.45, 2.75) is 13.3 Å². The highest BCUT2D eigenvalue weighted by atomic mass is 32.1. The van der Waals surface area contributed by atoms with Crippen LogP contribution in [0.5, 0.6) is 0 Å². The van der Waals surface area contributed by atoms with Gasteiger partial charge < -0.3 is 15.8 Å². The maximum atomic E-state index is 11.0. The van der Waals surface area contributed by atoms with Gasteiger partial charge in [-0.25, -0.2) is 4.79 Å². The Hall–Kier alpha value is -2.86. The van der Waals surface area contributed by atoms with Crippen molar-refractivity contribution in [3.8, 4) is 0 Å². The van der Waals surface area contributed by atoms with Crippen LogP contribution in [0.1, 0.15) is 22.8 Å². The lowest BCUT2D eigenvalue weighted by molar-refractivity contribution is 0.0697. The summed E-state index contributed by atoms with van der Waals surface area (Å²) in [7, 11) is 0. The van der Waals surface area contributed by atoms with Gasteiger partial charge in [0.15, 0.2) is 5.11 Å². The number of carboxylic acid groups (broad SMARTS) is 1. The molecule has 0 aliphatic carbocycles. The van der Waals surface area contributed by atoms with Crippen LogP contribution < -0.4 is 16.2 Å². The van der Waals surface area contributed by atoms with E-state index in [1.54, 1.807) is 12.1 Å². The van der Waals surface area contributed by atoms with Gasteiger partial charge >= 0.3 is 5.97 Å². The lowest BCUT2D eigenvalue weighted by Crippen LogP contribution is -2.40. The highest BCUT2D eigenvalue weighted by Crippen LogP contribution is 2.10. The third kappa shape index (κ3) is 5.40. The van der Waals surface area contributed by atoms with E-state index in [1.807, 2.05) is 31.2 Å². The van der Waals surface area contributed by atoms with Crippen molar-refractivity contribution in [1.29, 1.82) is 0 Å². The summed E-state index contributed by atoms with van der Waals surface area (Å²) in [6, 6.07) is 16.6. The van der Waals surface area contributed by atoms with Gasteiger partial charge in [-0.15, -0.1) is 0 Å². The predicted octanol–water partition coefficient (Wildman–Crippen LogP) is 3.32. The minimum absolute atomic E-state index is 0.203. The van der Waals surface area contributed by atoms with Gasteiger partial charge in [0.1, 0.15) is 0 Å². The molecular weight excluding hydrogens is 322 g/mol. The van der Waals surface area contributed by atoms with Crippen LogP contribution in [0.25, 0.3) is 0 Å². The van der Waals surface area contributed by atoms with E-state index < -0.39 is 5.97 Å². The summed E-state index contributed by atoms with van der Waals surface area (Å²) < 4.78 is 0. The molecule has 4 N–H and O–H groups in total. The molecule has 0 aliphatic heterocycles. The molecule has 0 aliphatic rings. The van der Waals surface area contributed by atoms with Crippen LogP contribution in [-0.2, 0) is 6.42 Å². The first-order chi connectivity index (χ1) is 11.6. The number of allylic oxidation sites excluding steroid dienone is 2. The molecule has 6 heteroatoms. The Balaban J connectivity index is 1.88.